The summed E-state index contributed by atoms with van der Waals surface area (Å²) in [6.07, 6.45) is 0. The first-order valence-electron chi connectivity index (χ1n) is 8.16. The molecule has 1 atom stereocenters. The van der Waals surface area contributed by atoms with E-state index in [1.165, 1.54) is 0 Å². The molecular formula is C19H21ClN2O3. The molecule has 0 aromatic heterocycles. The molecule has 0 radical (unpaired) electrons. The van der Waals surface area contributed by atoms with Crippen LogP contribution in [-0.4, -0.2) is 42.2 Å². The highest BCUT2D eigenvalue weighted by atomic mass is 35.5. The standard InChI is InChI=1S/C19H21ClN2O3/c1-13-19(24)22(15-4-6-16(25-2)7-5-15)10-9-21(13)12-14-3-8-18(23)17(20)11-14/h3-8,11,13,23H,9-10,12H2,1-2H3/t13-/m1/s1. The van der Waals surface area contributed by atoms with Crippen LogP contribution in [0.4, 0.5) is 5.69 Å². The highest BCUT2D eigenvalue weighted by molar-refractivity contribution is 6.32. The van der Waals surface area contributed by atoms with Gasteiger partial charge in [0.25, 0.3) is 0 Å². The van der Waals surface area contributed by atoms with Gasteiger partial charge in [0, 0.05) is 25.3 Å². The van der Waals surface area contributed by atoms with Gasteiger partial charge >= 0.3 is 0 Å². The molecule has 2 aromatic rings. The van der Waals surface area contributed by atoms with Crippen molar-refractivity contribution in [3.63, 3.8) is 0 Å². The first-order chi connectivity index (χ1) is 12.0. The fourth-order valence-corrected chi connectivity index (χ4v) is 3.23. The van der Waals surface area contributed by atoms with Crippen LogP contribution in [-0.2, 0) is 11.3 Å². The van der Waals surface area contributed by atoms with E-state index in [1.54, 1.807) is 19.2 Å². The lowest BCUT2D eigenvalue weighted by Gasteiger charge is -2.39. The molecule has 25 heavy (non-hydrogen) atoms. The van der Waals surface area contributed by atoms with E-state index in [9.17, 15) is 9.90 Å². The Kier molecular flexibility index (Phi) is 5.16. The van der Waals surface area contributed by atoms with Gasteiger partial charge in [-0.25, -0.2) is 0 Å². The Balaban J connectivity index is 1.71. The minimum Gasteiger partial charge on any atom is -0.506 e. The fourth-order valence-electron chi connectivity index (χ4n) is 3.03. The van der Waals surface area contributed by atoms with Crippen molar-refractivity contribution in [3.8, 4) is 11.5 Å². The summed E-state index contributed by atoms with van der Waals surface area (Å²) in [5.41, 5.74) is 1.85. The van der Waals surface area contributed by atoms with Crippen LogP contribution in [0.15, 0.2) is 42.5 Å². The van der Waals surface area contributed by atoms with Crippen LogP contribution in [0, 0.1) is 0 Å². The van der Waals surface area contributed by atoms with Crippen molar-refractivity contribution in [2.45, 2.75) is 19.5 Å². The quantitative estimate of drug-likeness (QED) is 0.909. The van der Waals surface area contributed by atoms with Gasteiger partial charge in [-0.2, -0.15) is 0 Å². The van der Waals surface area contributed by atoms with Gasteiger partial charge in [0.2, 0.25) is 5.91 Å². The van der Waals surface area contributed by atoms with Crippen LogP contribution in [0.5, 0.6) is 11.5 Å². The molecule has 1 aliphatic rings. The lowest BCUT2D eigenvalue weighted by molar-refractivity contribution is -0.125. The van der Waals surface area contributed by atoms with Gasteiger partial charge in [-0.1, -0.05) is 17.7 Å². The van der Waals surface area contributed by atoms with Gasteiger partial charge in [-0.15, -0.1) is 0 Å². The summed E-state index contributed by atoms with van der Waals surface area (Å²) in [5, 5.41) is 9.85. The maximum Gasteiger partial charge on any atom is 0.244 e. The van der Waals surface area contributed by atoms with E-state index < -0.39 is 0 Å². The van der Waals surface area contributed by atoms with E-state index in [1.807, 2.05) is 42.2 Å². The van der Waals surface area contributed by atoms with Crippen LogP contribution in [0.2, 0.25) is 5.02 Å². The number of benzene rings is 2. The molecule has 1 amide bonds. The normalized spacial score (nSPS) is 18.4. The van der Waals surface area contributed by atoms with Crippen molar-refractivity contribution < 1.29 is 14.6 Å². The van der Waals surface area contributed by atoms with E-state index in [0.717, 1.165) is 23.5 Å². The topological polar surface area (TPSA) is 53.0 Å². The molecule has 1 heterocycles. The number of hydrogen-bond donors (Lipinski definition) is 1. The maximum atomic E-state index is 12.8. The Morgan fingerprint density at radius 2 is 1.92 bits per heavy atom. The highest BCUT2D eigenvalue weighted by Crippen LogP contribution is 2.27. The molecule has 1 fully saturated rings. The number of carbonyl (C=O) groups excluding carboxylic acids is 1. The minimum absolute atomic E-state index is 0.0684. The number of carbonyl (C=O) groups is 1. The van der Waals surface area contributed by atoms with Crippen molar-refractivity contribution in [2.75, 3.05) is 25.1 Å². The number of aromatic hydroxyl groups is 1. The number of hydrogen-bond acceptors (Lipinski definition) is 4. The average molecular weight is 361 g/mol. The zero-order valence-corrected chi connectivity index (χ0v) is 15.0. The zero-order valence-electron chi connectivity index (χ0n) is 14.3. The Bertz CT molecular complexity index is 764. The highest BCUT2D eigenvalue weighted by Gasteiger charge is 2.32. The van der Waals surface area contributed by atoms with Crippen molar-refractivity contribution in [1.82, 2.24) is 4.90 Å². The summed E-state index contributed by atoms with van der Waals surface area (Å²) < 4.78 is 5.17. The molecule has 1 aliphatic heterocycles. The smallest absolute Gasteiger partial charge is 0.244 e. The van der Waals surface area contributed by atoms with Crippen molar-refractivity contribution in [2.24, 2.45) is 0 Å². The van der Waals surface area contributed by atoms with Gasteiger partial charge in [-0.3, -0.25) is 9.69 Å². The van der Waals surface area contributed by atoms with Crippen LogP contribution < -0.4 is 9.64 Å². The second kappa shape index (κ2) is 7.33. The third kappa shape index (κ3) is 3.72. The predicted octanol–water partition coefficient (Wildman–Crippen LogP) is 3.29. The number of amides is 1. The maximum absolute atomic E-state index is 12.8. The van der Waals surface area contributed by atoms with E-state index >= 15 is 0 Å². The summed E-state index contributed by atoms with van der Waals surface area (Å²) in [5.74, 6) is 0.909. The van der Waals surface area contributed by atoms with Gasteiger partial charge < -0.3 is 14.7 Å². The molecule has 2 aromatic carbocycles. The molecular weight excluding hydrogens is 340 g/mol. The second-order valence-electron chi connectivity index (χ2n) is 6.12. The van der Waals surface area contributed by atoms with Gasteiger partial charge in [-0.05, 0) is 48.9 Å². The molecule has 0 aliphatic carbocycles. The Morgan fingerprint density at radius 1 is 1.20 bits per heavy atom. The Hall–Kier alpha value is -2.24. The molecule has 0 saturated carbocycles. The second-order valence-corrected chi connectivity index (χ2v) is 6.53. The summed E-state index contributed by atoms with van der Waals surface area (Å²) in [4.78, 5) is 16.7. The number of rotatable bonds is 4. The average Bonchev–Trinajstić information content (AvgIpc) is 2.62. The third-order valence-corrected chi connectivity index (χ3v) is 4.87. The van der Waals surface area contributed by atoms with Gasteiger partial charge in [0.1, 0.15) is 11.5 Å². The zero-order chi connectivity index (χ0) is 18.0. The lowest BCUT2D eigenvalue weighted by Crippen LogP contribution is -2.55. The molecule has 1 N–H and O–H groups in total. The molecule has 132 valence electrons. The monoisotopic (exact) mass is 360 g/mol. The van der Waals surface area contributed by atoms with Crippen molar-refractivity contribution in [1.29, 1.82) is 0 Å². The third-order valence-electron chi connectivity index (χ3n) is 4.56. The van der Waals surface area contributed by atoms with Crippen LogP contribution >= 0.6 is 11.6 Å². The molecule has 0 spiro atoms. The van der Waals surface area contributed by atoms with Crippen LogP contribution in [0.25, 0.3) is 0 Å². The first kappa shape index (κ1) is 17.6. The number of halogens is 1. The molecule has 5 nitrogen and oxygen atoms in total. The minimum atomic E-state index is -0.233. The van der Waals surface area contributed by atoms with Crippen molar-refractivity contribution >= 4 is 23.2 Å². The molecule has 6 heteroatoms. The number of phenols is 1. The van der Waals surface area contributed by atoms with Crippen molar-refractivity contribution in [3.05, 3.63) is 53.1 Å². The summed E-state index contributed by atoms with van der Waals surface area (Å²) in [6.45, 7) is 3.92. The largest absolute Gasteiger partial charge is 0.506 e. The Morgan fingerprint density at radius 3 is 2.56 bits per heavy atom. The lowest BCUT2D eigenvalue weighted by atomic mass is 10.1. The van der Waals surface area contributed by atoms with E-state index in [0.29, 0.717) is 18.1 Å². The number of phenolic OH excluding ortho intramolecular Hbond substituents is 1. The number of piperazine rings is 1. The predicted molar refractivity (Wildman–Crippen MR) is 98.3 cm³/mol. The summed E-state index contributed by atoms with van der Waals surface area (Å²) in [6, 6.07) is 12.4. The molecule has 1 saturated heterocycles. The first-order valence-corrected chi connectivity index (χ1v) is 8.54. The van der Waals surface area contributed by atoms with Gasteiger partial charge in [0.05, 0.1) is 18.2 Å². The number of ether oxygens (including phenoxy) is 1. The fraction of sp³-hybridized carbons (Fsp3) is 0.316. The Labute approximate surface area is 152 Å². The van der Waals surface area contributed by atoms with E-state index in [-0.39, 0.29) is 17.7 Å². The van der Waals surface area contributed by atoms with Crippen LogP contribution in [0.3, 0.4) is 0 Å². The van der Waals surface area contributed by atoms with Gasteiger partial charge in [0.15, 0.2) is 0 Å². The number of anilines is 1. The van der Waals surface area contributed by atoms with E-state index in [2.05, 4.69) is 4.90 Å². The number of methoxy groups -OCH3 is 1. The summed E-state index contributed by atoms with van der Waals surface area (Å²) in [7, 11) is 1.62. The molecule has 0 unspecified atom stereocenters. The number of nitrogens with zero attached hydrogens (tertiary/aromatic N) is 2. The SMILES string of the molecule is COc1ccc(N2CCN(Cc3ccc(O)c(Cl)c3)[C@H](C)C2=O)cc1. The molecule has 3 rings (SSSR count). The van der Waals surface area contributed by atoms with Crippen LogP contribution in [0.1, 0.15) is 12.5 Å². The summed E-state index contributed by atoms with van der Waals surface area (Å²) >= 11 is 5.97. The molecule has 0 bridgehead atoms. The van der Waals surface area contributed by atoms with E-state index in [4.69, 9.17) is 16.3 Å².